The largest absolute Gasteiger partial charge is 0.443 e. The van der Waals surface area contributed by atoms with Crippen molar-refractivity contribution in [2.75, 3.05) is 13.1 Å². The highest BCUT2D eigenvalue weighted by Gasteiger charge is 2.34. The third-order valence-electron chi connectivity index (χ3n) is 4.11. The fraction of sp³-hybridized carbons (Fsp3) is 0.333. The Kier molecular flexibility index (Phi) is 3.48. The molecular weight excluding hydrogens is 339 g/mol. The number of halogens is 3. The maximum atomic E-state index is 13.3. The van der Waals surface area contributed by atoms with Crippen LogP contribution in [-0.4, -0.2) is 43.5 Å². The van der Waals surface area contributed by atoms with Crippen LogP contribution in [0.2, 0.25) is 0 Å². The fourth-order valence-electron chi connectivity index (χ4n) is 2.89. The van der Waals surface area contributed by atoms with Gasteiger partial charge in [0, 0.05) is 19.3 Å². The van der Waals surface area contributed by atoms with Crippen LogP contribution in [0, 0.1) is 0 Å². The molecule has 1 saturated heterocycles. The Hall–Kier alpha value is -2.91. The lowest BCUT2D eigenvalue weighted by molar-refractivity contribution is -0.137. The summed E-state index contributed by atoms with van der Waals surface area (Å²) in [5, 5.41) is 7.73. The van der Waals surface area contributed by atoms with E-state index >= 15 is 0 Å². The number of nitrogens with zero attached hydrogens (tertiary/aromatic N) is 5. The molecule has 4 rings (SSSR count). The number of hydrogen-bond donors (Lipinski definition) is 0. The van der Waals surface area contributed by atoms with Crippen LogP contribution in [0.3, 0.4) is 0 Å². The molecule has 1 aliphatic heterocycles. The average Bonchev–Trinajstić information content (AvgIpc) is 3.32. The summed E-state index contributed by atoms with van der Waals surface area (Å²) in [6.07, 6.45) is 0.351. The van der Waals surface area contributed by atoms with Gasteiger partial charge in [0.15, 0.2) is 17.8 Å². The maximum Gasteiger partial charge on any atom is 0.417 e. The lowest BCUT2D eigenvalue weighted by atomic mass is 10.1. The van der Waals surface area contributed by atoms with Gasteiger partial charge in [-0.25, -0.2) is 4.98 Å². The van der Waals surface area contributed by atoms with Crippen molar-refractivity contribution in [1.29, 1.82) is 0 Å². The van der Waals surface area contributed by atoms with E-state index in [9.17, 15) is 18.0 Å². The number of alkyl halides is 3. The van der Waals surface area contributed by atoms with Gasteiger partial charge < -0.3 is 9.32 Å². The third kappa shape index (κ3) is 2.63. The number of fused-ring (bicyclic) bond motifs is 1. The molecule has 0 atom stereocenters. The average molecular weight is 351 g/mol. The standard InChI is InChI=1S/C15H12F3N5O2/c16-15(17,18)9-5-10(11-6-19-8-25-11)12-20-21-13(23(12)7-9)14(24)22-3-1-2-4-22/h5-8H,1-4H2. The van der Waals surface area contributed by atoms with Crippen LogP contribution in [0.15, 0.2) is 29.3 Å². The molecular formula is C15H12F3N5O2. The summed E-state index contributed by atoms with van der Waals surface area (Å²) in [5.41, 5.74) is -0.755. The number of oxazole rings is 1. The molecule has 0 radical (unpaired) electrons. The first kappa shape index (κ1) is 15.6. The van der Waals surface area contributed by atoms with Gasteiger partial charge in [-0.05, 0) is 18.9 Å². The molecule has 0 N–H and O–H groups in total. The predicted octanol–water partition coefficient (Wildman–Crippen LogP) is 2.64. The Labute approximate surface area is 139 Å². The second kappa shape index (κ2) is 5.57. The Bertz CT molecular complexity index is 927. The molecule has 0 saturated carbocycles. The molecule has 130 valence electrons. The van der Waals surface area contributed by atoms with Crippen molar-refractivity contribution < 1.29 is 22.4 Å². The summed E-state index contributed by atoms with van der Waals surface area (Å²) in [6, 6.07) is 0.911. The molecule has 0 bridgehead atoms. The van der Waals surface area contributed by atoms with Gasteiger partial charge in [-0.1, -0.05) is 0 Å². The van der Waals surface area contributed by atoms with E-state index in [0.29, 0.717) is 13.1 Å². The number of aromatic nitrogens is 4. The van der Waals surface area contributed by atoms with Crippen molar-refractivity contribution in [3.05, 3.63) is 36.2 Å². The number of carbonyl (C=O) groups excluding carboxylic acids is 1. The monoisotopic (exact) mass is 351 g/mol. The minimum atomic E-state index is -4.60. The summed E-state index contributed by atoms with van der Waals surface area (Å²) < 4.78 is 46.0. The van der Waals surface area contributed by atoms with Crippen molar-refractivity contribution in [1.82, 2.24) is 24.5 Å². The topological polar surface area (TPSA) is 76.5 Å². The first-order chi connectivity index (χ1) is 11.9. The van der Waals surface area contributed by atoms with Crippen molar-refractivity contribution in [3.63, 3.8) is 0 Å². The quantitative estimate of drug-likeness (QED) is 0.709. The molecule has 0 spiro atoms. The number of carbonyl (C=O) groups is 1. The minimum Gasteiger partial charge on any atom is -0.443 e. The highest BCUT2D eigenvalue weighted by molar-refractivity contribution is 5.92. The van der Waals surface area contributed by atoms with Crippen LogP contribution in [-0.2, 0) is 6.18 Å². The van der Waals surface area contributed by atoms with Crippen LogP contribution in [0.25, 0.3) is 17.0 Å². The zero-order valence-electron chi connectivity index (χ0n) is 12.8. The highest BCUT2D eigenvalue weighted by Crippen LogP contribution is 2.34. The van der Waals surface area contributed by atoms with E-state index in [-0.39, 0.29) is 22.8 Å². The van der Waals surface area contributed by atoms with Gasteiger partial charge in [0.1, 0.15) is 0 Å². The van der Waals surface area contributed by atoms with Crippen LogP contribution in [0.4, 0.5) is 13.2 Å². The van der Waals surface area contributed by atoms with Gasteiger partial charge in [0.2, 0.25) is 5.82 Å². The molecule has 0 aliphatic carbocycles. The van der Waals surface area contributed by atoms with Crippen molar-refractivity contribution in [3.8, 4) is 11.3 Å². The van der Waals surface area contributed by atoms with Crippen LogP contribution < -0.4 is 0 Å². The Balaban J connectivity index is 1.92. The Morgan fingerprint density at radius 3 is 2.60 bits per heavy atom. The lowest BCUT2D eigenvalue weighted by Crippen LogP contribution is -2.29. The molecule has 1 fully saturated rings. The molecule has 3 aromatic rings. The minimum absolute atomic E-state index is 0.0697. The van der Waals surface area contributed by atoms with Crippen LogP contribution in [0.5, 0.6) is 0 Å². The molecule has 3 aromatic heterocycles. The third-order valence-corrected chi connectivity index (χ3v) is 4.11. The van der Waals surface area contributed by atoms with E-state index < -0.39 is 17.6 Å². The number of hydrogen-bond acceptors (Lipinski definition) is 5. The second-order valence-corrected chi connectivity index (χ2v) is 5.72. The molecule has 7 nitrogen and oxygen atoms in total. The van der Waals surface area contributed by atoms with E-state index in [1.807, 2.05) is 0 Å². The highest BCUT2D eigenvalue weighted by atomic mass is 19.4. The van der Waals surface area contributed by atoms with E-state index in [1.54, 1.807) is 4.90 Å². The van der Waals surface area contributed by atoms with Crippen molar-refractivity contribution in [2.45, 2.75) is 19.0 Å². The van der Waals surface area contributed by atoms with Gasteiger partial charge in [0.05, 0.1) is 17.3 Å². The maximum absolute atomic E-state index is 13.3. The molecule has 25 heavy (non-hydrogen) atoms. The van der Waals surface area contributed by atoms with Gasteiger partial charge in [-0.15, -0.1) is 10.2 Å². The molecule has 0 aromatic carbocycles. The van der Waals surface area contributed by atoms with E-state index in [1.165, 1.54) is 6.20 Å². The summed E-state index contributed by atoms with van der Waals surface area (Å²) in [5.74, 6) is -0.472. The second-order valence-electron chi connectivity index (χ2n) is 5.72. The first-order valence-corrected chi connectivity index (χ1v) is 7.59. The summed E-state index contributed by atoms with van der Waals surface area (Å²) in [6.45, 7) is 1.11. The normalized spacial score (nSPS) is 15.2. The van der Waals surface area contributed by atoms with Crippen LogP contribution in [0.1, 0.15) is 29.0 Å². The molecule has 4 heterocycles. The molecule has 10 heteroatoms. The predicted molar refractivity (Wildman–Crippen MR) is 78.6 cm³/mol. The lowest BCUT2D eigenvalue weighted by Gasteiger charge is -2.14. The first-order valence-electron chi connectivity index (χ1n) is 7.59. The SMILES string of the molecule is O=C(c1nnc2c(-c3cnco3)cc(C(F)(F)F)cn12)N1CCCC1. The number of pyridine rings is 1. The number of likely N-dealkylation sites (tertiary alicyclic amines) is 1. The summed E-state index contributed by atoms with van der Waals surface area (Å²) >= 11 is 0. The zero-order valence-corrected chi connectivity index (χ0v) is 12.8. The summed E-state index contributed by atoms with van der Waals surface area (Å²) in [7, 11) is 0. The van der Waals surface area contributed by atoms with E-state index in [0.717, 1.165) is 35.9 Å². The van der Waals surface area contributed by atoms with E-state index in [4.69, 9.17) is 4.42 Å². The zero-order chi connectivity index (χ0) is 17.6. The molecule has 1 aliphatic rings. The van der Waals surface area contributed by atoms with Crippen molar-refractivity contribution in [2.24, 2.45) is 0 Å². The van der Waals surface area contributed by atoms with Crippen molar-refractivity contribution >= 4 is 11.6 Å². The Morgan fingerprint density at radius 1 is 1.20 bits per heavy atom. The van der Waals surface area contributed by atoms with Gasteiger partial charge in [-0.3, -0.25) is 9.20 Å². The van der Waals surface area contributed by atoms with Crippen LogP contribution >= 0.6 is 0 Å². The molecule has 0 unspecified atom stereocenters. The van der Waals surface area contributed by atoms with E-state index in [2.05, 4.69) is 15.2 Å². The van der Waals surface area contributed by atoms with Gasteiger partial charge in [-0.2, -0.15) is 13.2 Å². The van der Waals surface area contributed by atoms with Gasteiger partial charge >= 0.3 is 6.18 Å². The van der Waals surface area contributed by atoms with Gasteiger partial charge in [0.25, 0.3) is 5.91 Å². The number of rotatable bonds is 2. The fourth-order valence-corrected chi connectivity index (χ4v) is 2.89. The Morgan fingerprint density at radius 2 is 1.96 bits per heavy atom. The number of amides is 1. The summed E-state index contributed by atoms with van der Waals surface area (Å²) in [4.78, 5) is 17.8. The molecule has 1 amide bonds. The smallest absolute Gasteiger partial charge is 0.417 e.